The van der Waals surface area contributed by atoms with Gasteiger partial charge in [-0.05, 0) is 31.2 Å². The van der Waals surface area contributed by atoms with E-state index in [4.69, 9.17) is 0 Å². The number of aromatic nitrogens is 1. The van der Waals surface area contributed by atoms with Crippen LogP contribution in [0.4, 0.5) is 5.13 Å². The summed E-state index contributed by atoms with van der Waals surface area (Å²) < 4.78 is 0. The van der Waals surface area contributed by atoms with Crippen molar-refractivity contribution < 1.29 is 9.90 Å². The van der Waals surface area contributed by atoms with Crippen LogP contribution in [0.2, 0.25) is 0 Å². The Kier molecular flexibility index (Phi) is 3.89. The highest BCUT2D eigenvalue weighted by atomic mass is 32.1. The number of nitrogens with zero attached hydrogens (tertiary/aromatic N) is 1. The molecule has 0 spiro atoms. The number of hydrogen-bond acceptors (Lipinski definition) is 4. The number of rotatable bonds is 3. The molecule has 0 saturated carbocycles. The zero-order valence-corrected chi connectivity index (χ0v) is 12.7. The first-order chi connectivity index (χ1) is 10.6. The molecule has 0 fully saturated rings. The minimum Gasteiger partial charge on any atom is -0.508 e. The van der Waals surface area contributed by atoms with Crippen LogP contribution in [-0.4, -0.2) is 16.0 Å². The average Bonchev–Trinajstić information content (AvgIpc) is 2.89. The Balaban J connectivity index is 1.82. The van der Waals surface area contributed by atoms with Gasteiger partial charge < -0.3 is 5.11 Å². The number of benzene rings is 2. The fourth-order valence-corrected chi connectivity index (χ4v) is 2.93. The maximum atomic E-state index is 12.2. The van der Waals surface area contributed by atoms with Crippen molar-refractivity contribution in [1.29, 1.82) is 0 Å². The van der Waals surface area contributed by atoms with E-state index < -0.39 is 0 Å². The van der Waals surface area contributed by atoms with E-state index in [0.29, 0.717) is 10.7 Å². The van der Waals surface area contributed by atoms with E-state index in [1.165, 1.54) is 23.5 Å². The summed E-state index contributed by atoms with van der Waals surface area (Å²) in [5.74, 6) is -0.110. The molecule has 1 aromatic heterocycles. The van der Waals surface area contributed by atoms with Crippen LogP contribution in [0.3, 0.4) is 0 Å². The quantitative estimate of drug-likeness (QED) is 0.766. The second kappa shape index (κ2) is 5.99. The highest BCUT2D eigenvalue weighted by molar-refractivity contribution is 7.16. The zero-order chi connectivity index (χ0) is 15.5. The number of nitrogens with one attached hydrogen (secondary N) is 1. The van der Waals surface area contributed by atoms with Crippen LogP contribution in [0.15, 0.2) is 54.6 Å². The maximum Gasteiger partial charge on any atom is 0.257 e. The molecule has 0 bridgehead atoms. The Bertz CT molecular complexity index is 795. The van der Waals surface area contributed by atoms with Gasteiger partial charge >= 0.3 is 0 Å². The largest absolute Gasteiger partial charge is 0.508 e. The number of amides is 1. The van der Waals surface area contributed by atoms with Crippen LogP contribution >= 0.6 is 11.3 Å². The van der Waals surface area contributed by atoms with Gasteiger partial charge in [-0.25, -0.2) is 4.98 Å². The van der Waals surface area contributed by atoms with E-state index in [1.54, 1.807) is 12.1 Å². The highest BCUT2D eigenvalue weighted by Crippen LogP contribution is 2.30. The summed E-state index contributed by atoms with van der Waals surface area (Å²) in [6, 6.07) is 16.0. The molecule has 0 atom stereocenters. The van der Waals surface area contributed by atoms with Gasteiger partial charge in [0.05, 0.1) is 5.69 Å². The van der Waals surface area contributed by atoms with Crippen LogP contribution in [0, 0.1) is 6.92 Å². The lowest BCUT2D eigenvalue weighted by molar-refractivity contribution is 0.102. The molecule has 1 amide bonds. The second-order valence-electron chi connectivity index (χ2n) is 4.79. The van der Waals surface area contributed by atoms with Crippen LogP contribution in [0.1, 0.15) is 15.2 Å². The predicted molar refractivity (Wildman–Crippen MR) is 88.3 cm³/mol. The molecule has 0 saturated heterocycles. The number of anilines is 1. The molecular weight excluding hydrogens is 296 g/mol. The van der Waals surface area contributed by atoms with Crippen molar-refractivity contribution in [2.75, 3.05) is 5.32 Å². The minimum absolute atomic E-state index is 0.132. The van der Waals surface area contributed by atoms with Crippen LogP contribution in [-0.2, 0) is 0 Å². The molecule has 0 radical (unpaired) electrons. The lowest BCUT2D eigenvalue weighted by atomic mass is 10.1. The average molecular weight is 310 g/mol. The van der Waals surface area contributed by atoms with Crippen LogP contribution < -0.4 is 5.32 Å². The van der Waals surface area contributed by atoms with Crippen molar-refractivity contribution in [3.05, 3.63) is 65.0 Å². The SMILES string of the molecule is Cc1sc(NC(=O)c2ccc(O)cc2)nc1-c1ccccc1. The lowest BCUT2D eigenvalue weighted by Gasteiger charge is -2.01. The zero-order valence-electron chi connectivity index (χ0n) is 11.9. The number of carbonyl (C=O) groups excluding carboxylic acids is 1. The molecule has 22 heavy (non-hydrogen) atoms. The number of aryl methyl sites for hydroxylation is 1. The normalized spacial score (nSPS) is 10.4. The molecule has 0 aliphatic heterocycles. The highest BCUT2D eigenvalue weighted by Gasteiger charge is 2.13. The summed E-state index contributed by atoms with van der Waals surface area (Å²) in [5, 5.41) is 12.6. The van der Waals surface area contributed by atoms with E-state index in [0.717, 1.165) is 16.1 Å². The molecule has 3 aromatic rings. The molecule has 4 nitrogen and oxygen atoms in total. The summed E-state index contributed by atoms with van der Waals surface area (Å²) in [6.07, 6.45) is 0. The summed E-state index contributed by atoms with van der Waals surface area (Å²) in [7, 11) is 0. The second-order valence-corrected chi connectivity index (χ2v) is 5.99. The first-order valence-electron chi connectivity index (χ1n) is 6.77. The fraction of sp³-hybridized carbons (Fsp3) is 0.0588. The van der Waals surface area contributed by atoms with Gasteiger partial charge in [-0.1, -0.05) is 30.3 Å². The summed E-state index contributed by atoms with van der Waals surface area (Å²) in [4.78, 5) is 17.7. The molecule has 2 aromatic carbocycles. The van der Waals surface area contributed by atoms with Crippen molar-refractivity contribution in [2.45, 2.75) is 6.92 Å². The molecule has 110 valence electrons. The maximum absolute atomic E-state index is 12.2. The lowest BCUT2D eigenvalue weighted by Crippen LogP contribution is -2.11. The Morgan fingerprint density at radius 3 is 2.45 bits per heavy atom. The molecular formula is C17H14N2O2S. The van der Waals surface area contributed by atoms with Gasteiger partial charge in [0.1, 0.15) is 5.75 Å². The summed E-state index contributed by atoms with van der Waals surface area (Å²) >= 11 is 1.44. The van der Waals surface area contributed by atoms with Crippen molar-refractivity contribution >= 4 is 22.4 Å². The number of hydrogen-bond donors (Lipinski definition) is 2. The van der Waals surface area contributed by atoms with Gasteiger partial charge in [-0.2, -0.15) is 0 Å². The van der Waals surface area contributed by atoms with Crippen molar-refractivity contribution in [1.82, 2.24) is 4.98 Å². The molecule has 2 N–H and O–H groups in total. The fourth-order valence-electron chi connectivity index (χ4n) is 2.10. The molecule has 1 heterocycles. The van der Waals surface area contributed by atoms with E-state index >= 15 is 0 Å². The third-order valence-corrected chi connectivity index (χ3v) is 4.08. The summed E-state index contributed by atoms with van der Waals surface area (Å²) in [6.45, 7) is 1.98. The predicted octanol–water partition coefficient (Wildman–Crippen LogP) is 4.08. The van der Waals surface area contributed by atoms with E-state index in [1.807, 2.05) is 37.3 Å². The van der Waals surface area contributed by atoms with Gasteiger partial charge in [-0.15, -0.1) is 11.3 Å². The van der Waals surface area contributed by atoms with Gasteiger partial charge in [0.15, 0.2) is 5.13 Å². The van der Waals surface area contributed by atoms with E-state index in [2.05, 4.69) is 10.3 Å². The number of carbonyl (C=O) groups is 1. The van der Waals surface area contributed by atoms with Crippen molar-refractivity contribution in [3.8, 4) is 17.0 Å². The number of phenolic OH excluding ortho intramolecular Hbond substituents is 1. The smallest absolute Gasteiger partial charge is 0.257 e. The topological polar surface area (TPSA) is 62.2 Å². The molecule has 3 rings (SSSR count). The third-order valence-electron chi connectivity index (χ3n) is 3.19. The third kappa shape index (κ3) is 2.99. The Hall–Kier alpha value is -2.66. The van der Waals surface area contributed by atoms with Crippen LogP contribution in [0.5, 0.6) is 5.75 Å². The van der Waals surface area contributed by atoms with Gasteiger partial charge in [0, 0.05) is 16.0 Å². The number of thiazole rings is 1. The van der Waals surface area contributed by atoms with E-state index in [9.17, 15) is 9.90 Å². The Morgan fingerprint density at radius 2 is 1.77 bits per heavy atom. The first-order valence-corrected chi connectivity index (χ1v) is 7.58. The van der Waals surface area contributed by atoms with Gasteiger partial charge in [0.25, 0.3) is 5.91 Å². The standard InChI is InChI=1S/C17H14N2O2S/c1-11-15(12-5-3-2-4-6-12)18-17(22-11)19-16(21)13-7-9-14(20)10-8-13/h2-10,20H,1H3,(H,18,19,21). The van der Waals surface area contributed by atoms with Crippen LogP contribution in [0.25, 0.3) is 11.3 Å². The van der Waals surface area contributed by atoms with Gasteiger partial charge in [0.2, 0.25) is 0 Å². The monoisotopic (exact) mass is 310 g/mol. The van der Waals surface area contributed by atoms with Crippen molar-refractivity contribution in [2.24, 2.45) is 0 Å². The Morgan fingerprint density at radius 1 is 1.09 bits per heavy atom. The minimum atomic E-state index is -0.242. The Labute approximate surface area is 132 Å². The number of phenols is 1. The molecule has 0 unspecified atom stereocenters. The molecule has 5 heteroatoms. The van der Waals surface area contributed by atoms with Gasteiger partial charge in [-0.3, -0.25) is 10.1 Å². The molecule has 0 aliphatic carbocycles. The molecule has 0 aliphatic rings. The summed E-state index contributed by atoms with van der Waals surface area (Å²) in [5.41, 5.74) is 2.39. The number of aromatic hydroxyl groups is 1. The van der Waals surface area contributed by atoms with Crippen molar-refractivity contribution in [3.63, 3.8) is 0 Å². The first kappa shape index (κ1) is 14.3. The van der Waals surface area contributed by atoms with E-state index in [-0.39, 0.29) is 11.7 Å².